The third-order valence-corrected chi connectivity index (χ3v) is 6.58. The smallest absolute Gasteiger partial charge is 0.259 e. The van der Waals surface area contributed by atoms with Crippen LogP contribution in [0.25, 0.3) is 0 Å². The molecule has 0 bridgehead atoms. The Kier molecular flexibility index (Phi) is 7.22. The van der Waals surface area contributed by atoms with Crippen molar-refractivity contribution in [2.45, 2.75) is 13.8 Å². The first kappa shape index (κ1) is 23.8. The minimum Gasteiger partial charge on any atom is -0.496 e. The molecule has 0 spiro atoms. The van der Waals surface area contributed by atoms with Gasteiger partial charge in [0.05, 0.1) is 12.7 Å². The molecule has 176 valence electrons. The first-order valence-corrected chi connectivity index (χ1v) is 12.0. The fraction of sp³-hybridized carbons (Fsp3) is 0.259. The van der Waals surface area contributed by atoms with Crippen molar-refractivity contribution in [3.05, 3.63) is 87.4 Å². The zero-order valence-corrected chi connectivity index (χ0v) is 21.2. The summed E-state index contributed by atoms with van der Waals surface area (Å²) in [4.78, 5) is 29.9. The highest BCUT2D eigenvalue weighted by Gasteiger charge is 2.23. The number of benzene rings is 3. The van der Waals surface area contributed by atoms with Gasteiger partial charge in [0.15, 0.2) is 0 Å². The van der Waals surface area contributed by atoms with Gasteiger partial charge in [-0.15, -0.1) is 0 Å². The van der Waals surface area contributed by atoms with E-state index in [2.05, 4.69) is 26.1 Å². The van der Waals surface area contributed by atoms with Gasteiger partial charge in [-0.2, -0.15) is 0 Å². The molecule has 0 radical (unpaired) electrons. The minimum atomic E-state index is -0.225. The first-order valence-electron chi connectivity index (χ1n) is 11.2. The molecule has 0 unspecified atom stereocenters. The number of nitrogens with one attached hydrogen (secondary N) is 1. The lowest BCUT2D eigenvalue weighted by atomic mass is 10.1. The molecule has 3 aromatic carbocycles. The lowest BCUT2D eigenvalue weighted by molar-refractivity contribution is 0.0746. The number of carbonyl (C=O) groups is 2. The predicted octanol–water partition coefficient (Wildman–Crippen LogP) is 5.29. The molecule has 7 heteroatoms. The van der Waals surface area contributed by atoms with Crippen LogP contribution in [0.3, 0.4) is 0 Å². The molecule has 4 rings (SSSR count). The molecular formula is C27H28BrN3O3. The van der Waals surface area contributed by atoms with E-state index in [0.717, 1.165) is 39.9 Å². The van der Waals surface area contributed by atoms with Crippen LogP contribution in [-0.2, 0) is 0 Å². The van der Waals surface area contributed by atoms with Crippen molar-refractivity contribution in [3.63, 3.8) is 0 Å². The zero-order valence-electron chi connectivity index (χ0n) is 19.6. The van der Waals surface area contributed by atoms with Crippen LogP contribution in [0.4, 0.5) is 11.4 Å². The monoisotopic (exact) mass is 521 g/mol. The van der Waals surface area contributed by atoms with E-state index in [-0.39, 0.29) is 11.8 Å². The molecule has 1 N–H and O–H groups in total. The standard InChI is InChI=1S/C27H28BrN3O3/c1-18-6-4-5-7-23(18)27(33)31-14-12-30(13-15-31)22-10-8-21(9-11-22)29-26(32)24-17-20(28)16-19(2)25(24)34-3/h4-11,16-17H,12-15H2,1-3H3,(H,29,32). The molecule has 6 nitrogen and oxygen atoms in total. The van der Waals surface area contributed by atoms with E-state index in [1.807, 2.05) is 73.3 Å². The lowest BCUT2D eigenvalue weighted by Crippen LogP contribution is -2.48. The van der Waals surface area contributed by atoms with Crippen molar-refractivity contribution in [1.29, 1.82) is 0 Å². The van der Waals surface area contributed by atoms with E-state index >= 15 is 0 Å². The Balaban J connectivity index is 1.38. The predicted molar refractivity (Wildman–Crippen MR) is 139 cm³/mol. The normalized spacial score (nSPS) is 13.5. The van der Waals surface area contributed by atoms with Crippen LogP contribution in [0.5, 0.6) is 5.75 Å². The maximum atomic E-state index is 12.9. The highest BCUT2D eigenvalue weighted by molar-refractivity contribution is 9.10. The lowest BCUT2D eigenvalue weighted by Gasteiger charge is -2.36. The van der Waals surface area contributed by atoms with Gasteiger partial charge in [0.2, 0.25) is 0 Å². The maximum absolute atomic E-state index is 12.9. The number of piperazine rings is 1. The van der Waals surface area contributed by atoms with Crippen molar-refractivity contribution in [1.82, 2.24) is 4.90 Å². The summed E-state index contributed by atoms with van der Waals surface area (Å²) in [5.41, 5.74) is 4.92. The van der Waals surface area contributed by atoms with Gasteiger partial charge in [-0.3, -0.25) is 9.59 Å². The van der Waals surface area contributed by atoms with Crippen molar-refractivity contribution in [2.75, 3.05) is 43.5 Å². The van der Waals surface area contributed by atoms with Gasteiger partial charge < -0.3 is 19.9 Å². The maximum Gasteiger partial charge on any atom is 0.259 e. The van der Waals surface area contributed by atoms with E-state index in [4.69, 9.17) is 4.74 Å². The third kappa shape index (κ3) is 5.09. The number of rotatable bonds is 5. The molecule has 3 aromatic rings. The molecular weight excluding hydrogens is 494 g/mol. The van der Waals surface area contributed by atoms with Gasteiger partial charge in [0, 0.05) is 47.6 Å². The quantitative estimate of drug-likeness (QED) is 0.495. The molecule has 34 heavy (non-hydrogen) atoms. The van der Waals surface area contributed by atoms with Crippen LogP contribution >= 0.6 is 15.9 Å². The number of halogens is 1. The summed E-state index contributed by atoms with van der Waals surface area (Å²) in [6.07, 6.45) is 0. The molecule has 1 fully saturated rings. The Morgan fingerprint density at radius 2 is 1.56 bits per heavy atom. The Bertz CT molecular complexity index is 1200. The zero-order chi connectivity index (χ0) is 24.2. The van der Waals surface area contributed by atoms with Crippen LogP contribution in [0, 0.1) is 13.8 Å². The number of carbonyl (C=O) groups excluding carboxylic acids is 2. The SMILES string of the molecule is COc1c(C)cc(Br)cc1C(=O)Nc1ccc(N2CCN(C(=O)c3ccccc3C)CC2)cc1. The number of aryl methyl sites for hydroxylation is 2. The summed E-state index contributed by atoms with van der Waals surface area (Å²) in [5.74, 6) is 0.432. The van der Waals surface area contributed by atoms with Crippen LogP contribution in [0.15, 0.2) is 65.1 Å². The van der Waals surface area contributed by atoms with Crippen molar-refractivity contribution < 1.29 is 14.3 Å². The molecule has 2 amide bonds. The van der Waals surface area contributed by atoms with E-state index in [1.165, 1.54) is 0 Å². The van der Waals surface area contributed by atoms with Gasteiger partial charge >= 0.3 is 0 Å². The molecule has 0 saturated carbocycles. The third-order valence-electron chi connectivity index (χ3n) is 6.12. The van der Waals surface area contributed by atoms with E-state index < -0.39 is 0 Å². The first-order chi connectivity index (χ1) is 16.4. The number of anilines is 2. The fourth-order valence-electron chi connectivity index (χ4n) is 4.27. The molecule has 0 aliphatic carbocycles. The fourth-order valence-corrected chi connectivity index (χ4v) is 4.85. The number of hydrogen-bond donors (Lipinski definition) is 1. The Labute approximate surface area is 208 Å². The van der Waals surface area contributed by atoms with Crippen LogP contribution in [-0.4, -0.2) is 50.0 Å². The van der Waals surface area contributed by atoms with Crippen LogP contribution in [0.2, 0.25) is 0 Å². The molecule has 1 heterocycles. The largest absolute Gasteiger partial charge is 0.496 e. The van der Waals surface area contributed by atoms with Gasteiger partial charge in [0.25, 0.3) is 11.8 Å². The second-order valence-corrected chi connectivity index (χ2v) is 9.31. The molecule has 1 aliphatic heterocycles. The van der Waals surface area contributed by atoms with E-state index in [0.29, 0.717) is 30.1 Å². The Morgan fingerprint density at radius 3 is 2.21 bits per heavy atom. The van der Waals surface area contributed by atoms with Crippen molar-refractivity contribution in [3.8, 4) is 5.75 Å². The summed E-state index contributed by atoms with van der Waals surface area (Å²) in [5, 5.41) is 2.95. The second kappa shape index (κ2) is 10.3. The number of methoxy groups -OCH3 is 1. The van der Waals surface area contributed by atoms with Crippen molar-refractivity contribution in [2.24, 2.45) is 0 Å². The topological polar surface area (TPSA) is 61.9 Å². The second-order valence-electron chi connectivity index (χ2n) is 8.40. The van der Waals surface area contributed by atoms with Gasteiger partial charge in [0.1, 0.15) is 5.75 Å². The highest BCUT2D eigenvalue weighted by Crippen LogP contribution is 2.29. The Hall–Kier alpha value is -3.32. The Morgan fingerprint density at radius 1 is 0.882 bits per heavy atom. The minimum absolute atomic E-state index is 0.0917. The molecule has 0 atom stereocenters. The summed E-state index contributed by atoms with van der Waals surface area (Å²) >= 11 is 3.45. The van der Waals surface area contributed by atoms with Gasteiger partial charge in [-0.25, -0.2) is 0 Å². The van der Waals surface area contributed by atoms with E-state index in [1.54, 1.807) is 13.2 Å². The molecule has 1 saturated heterocycles. The van der Waals surface area contributed by atoms with Gasteiger partial charge in [-0.1, -0.05) is 34.1 Å². The summed E-state index contributed by atoms with van der Waals surface area (Å²) < 4.78 is 6.26. The summed E-state index contributed by atoms with van der Waals surface area (Å²) in [6.45, 7) is 6.75. The average Bonchev–Trinajstić information content (AvgIpc) is 2.84. The number of hydrogen-bond acceptors (Lipinski definition) is 4. The average molecular weight is 522 g/mol. The summed E-state index contributed by atoms with van der Waals surface area (Å²) in [7, 11) is 1.57. The van der Waals surface area contributed by atoms with Gasteiger partial charge in [-0.05, 0) is 67.4 Å². The number of ether oxygens (including phenoxy) is 1. The highest BCUT2D eigenvalue weighted by atomic mass is 79.9. The van der Waals surface area contributed by atoms with Crippen LogP contribution < -0.4 is 15.0 Å². The molecule has 0 aromatic heterocycles. The number of amides is 2. The number of nitrogens with zero attached hydrogens (tertiary/aromatic N) is 2. The summed E-state index contributed by atoms with van der Waals surface area (Å²) in [6, 6.07) is 19.2. The molecule has 1 aliphatic rings. The van der Waals surface area contributed by atoms with Crippen molar-refractivity contribution >= 4 is 39.1 Å². The van der Waals surface area contributed by atoms with Crippen LogP contribution in [0.1, 0.15) is 31.8 Å². The van der Waals surface area contributed by atoms with E-state index in [9.17, 15) is 9.59 Å².